The highest BCUT2D eigenvalue weighted by Gasteiger charge is 2.32. The highest BCUT2D eigenvalue weighted by Crippen LogP contribution is 2.41. The lowest BCUT2D eigenvalue weighted by Crippen LogP contribution is -2.47. The summed E-state index contributed by atoms with van der Waals surface area (Å²) in [5, 5.41) is 3.88. The second kappa shape index (κ2) is 7.85. The number of carbonyl (C=O) groups excluding carboxylic acids is 2. The highest BCUT2D eigenvalue weighted by atomic mass is 16.5. The topological polar surface area (TPSA) is 92.9 Å². The van der Waals surface area contributed by atoms with Crippen molar-refractivity contribution < 1.29 is 23.8 Å². The van der Waals surface area contributed by atoms with Gasteiger partial charge in [-0.3, -0.25) is 9.59 Å². The van der Waals surface area contributed by atoms with Gasteiger partial charge in [-0.25, -0.2) is 0 Å². The van der Waals surface area contributed by atoms with E-state index in [-0.39, 0.29) is 23.8 Å². The number of ether oxygens (including phenoxy) is 3. The van der Waals surface area contributed by atoms with Crippen molar-refractivity contribution in [2.75, 3.05) is 34.4 Å². The Balaban J connectivity index is 1.51. The van der Waals surface area contributed by atoms with Crippen molar-refractivity contribution in [3.63, 3.8) is 0 Å². The minimum absolute atomic E-state index is 0.0729. The van der Waals surface area contributed by atoms with Gasteiger partial charge < -0.3 is 29.4 Å². The Labute approximate surface area is 169 Å². The van der Waals surface area contributed by atoms with Crippen LogP contribution in [0.4, 0.5) is 0 Å². The minimum Gasteiger partial charge on any atom is -0.496 e. The monoisotopic (exact) mass is 401 g/mol. The first-order chi connectivity index (χ1) is 14.0. The Hall–Kier alpha value is -2.90. The molecule has 0 spiro atoms. The van der Waals surface area contributed by atoms with Crippen LogP contribution in [0.25, 0.3) is 10.9 Å². The first-order valence-corrected chi connectivity index (χ1v) is 9.97. The summed E-state index contributed by atoms with van der Waals surface area (Å²) in [4.78, 5) is 30.0. The van der Waals surface area contributed by atoms with Crippen LogP contribution in [0.1, 0.15) is 36.2 Å². The Kier molecular flexibility index (Phi) is 5.25. The van der Waals surface area contributed by atoms with Gasteiger partial charge in [0.2, 0.25) is 5.91 Å². The number of likely N-dealkylation sites (tertiary alicyclic amines) is 1. The maximum absolute atomic E-state index is 13.1. The van der Waals surface area contributed by atoms with E-state index < -0.39 is 0 Å². The van der Waals surface area contributed by atoms with E-state index in [1.54, 1.807) is 33.5 Å². The molecule has 1 aromatic carbocycles. The lowest BCUT2D eigenvalue weighted by atomic mass is 10.0. The highest BCUT2D eigenvalue weighted by molar-refractivity contribution is 6.02. The van der Waals surface area contributed by atoms with Gasteiger partial charge in [-0.1, -0.05) is 0 Å². The average molecular weight is 401 g/mol. The predicted molar refractivity (Wildman–Crippen MR) is 108 cm³/mol. The van der Waals surface area contributed by atoms with E-state index >= 15 is 0 Å². The summed E-state index contributed by atoms with van der Waals surface area (Å²) >= 11 is 0. The third-order valence-corrected chi connectivity index (χ3v) is 5.75. The van der Waals surface area contributed by atoms with Gasteiger partial charge in [0, 0.05) is 36.5 Å². The largest absolute Gasteiger partial charge is 0.496 e. The van der Waals surface area contributed by atoms with E-state index in [2.05, 4.69) is 10.3 Å². The van der Waals surface area contributed by atoms with Crippen molar-refractivity contribution in [1.82, 2.24) is 15.2 Å². The molecule has 0 atom stereocenters. The number of amides is 2. The fraction of sp³-hybridized carbons (Fsp3) is 0.524. The maximum Gasteiger partial charge on any atom is 0.270 e. The zero-order valence-corrected chi connectivity index (χ0v) is 17.0. The van der Waals surface area contributed by atoms with Gasteiger partial charge >= 0.3 is 0 Å². The van der Waals surface area contributed by atoms with Crippen molar-refractivity contribution >= 4 is 22.7 Å². The van der Waals surface area contributed by atoms with Gasteiger partial charge in [0.25, 0.3) is 5.91 Å². The molecule has 156 valence electrons. The standard InChI is InChI=1S/C21H27N3O5/c1-27-16-11-17(28-2)19(29-3)18-14(16)10-15(23-18)21(26)24-8-6-13(7-9-24)22-20(25)12-4-5-12/h10-13,23H,4-9H2,1-3H3,(H,22,25). The number of fused-ring (bicyclic) bond motifs is 1. The lowest BCUT2D eigenvalue weighted by Gasteiger charge is -2.32. The number of hydrogen-bond donors (Lipinski definition) is 2. The summed E-state index contributed by atoms with van der Waals surface area (Å²) in [6, 6.07) is 3.69. The summed E-state index contributed by atoms with van der Waals surface area (Å²) in [6.45, 7) is 1.23. The summed E-state index contributed by atoms with van der Waals surface area (Å²) in [5.41, 5.74) is 1.14. The second-order valence-electron chi connectivity index (χ2n) is 7.64. The number of benzene rings is 1. The van der Waals surface area contributed by atoms with Crippen molar-refractivity contribution in [3.05, 3.63) is 17.8 Å². The molecular formula is C21H27N3O5. The Morgan fingerprint density at radius 2 is 1.69 bits per heavy atom. The van der Waals surface area contributed by atoms with Crippen molar-refractivity contribution in [1.29, 1.82) is 0 Å². The third kappa shape index (κ3) is 3.71. The Morgan fingerprint density at radius 3 is 2.28 bits per heavy atom. The fourth-order valence-corrected chi connectivity index (χ4v) is 3.91. The molecule has 1 saturated heterocycles. The van der Waals surface area contributed by atoms with Crippen LogP contribution in [-0.4, -0.2) is 62.2 Å². The van der Waals surface area contributed by atoms with E-state index in [1.807, 2.05) is 4.90 Å². The number of nitrogens with zero attached hydrogens (tertiary/aromatic N) is 1. The van der Waals surface area contributed by atoms with E-state index in [0.29, 0.717) is 41.5 Å². The number of hydrogen-bond acceptors (Lipinski definition) is 5. The average Bonchev–Trinajstić information content (AvgIpc) is 3.51. The van der Waals surface area contributed by atoms with Gasteiger partial charge in [-0.2, -0.15) is 0 Å². The number of nitrogens with one attached hydrogen (secondary N) is 2. The van der Waals surface area contributed by atoms with E-state index in [4.69, 9.17) is 14.2 Å². The number of rotatable bonds is 6. The zero-order valence-electron chi connectivity index (χ0n) is 17.0. The summed E-state index contributed by atoms with van der Waals surface area (Å²) in [5.74, 6) is 1.97. The van der Waals surface area contributed by atoms with E-state index in [1.165, 1.54) is 0 Å². The van der Waals surface area contributed by atoms with E-state index in [9.17, 15) is 9.59 Å². The molecular weight excluding hydrogens is 374 g/mol. The quantitative estimate of drug-likeness (QED) is 0.775. The number of carbonyl (C=O) groups is 2. The lowest BCUT2D eigenvalue weighted by molar-refractivity contribution is -0.123. The molecule has 1 aromatic heterocycles. The minimum atomic E-state index is -0.0729. The molecule has 4 rings (SSSR count). The maximum atomic E-state index is 13.1. The number of piperidine rings is 1. The van der Waals surface area contributed by atoms with Crippen LogP contribution < -0.4 is 19.5 Å². The molecule has 2 fully saturated rings. The van der Waals surface area contributed by atoms with Crippen LogP contribution in [-0.2, 0) is 4.79 Å². The van der Waals surface area contributed by atoms with Gasteiger partial charge in [0.15, 0.2) is 11.5 Å². The van der Waals surface area contributed by atoms with Crippen LogP contribution in [0.15, 0.2) is 12.1 Å². The molecule has 2 heterocycles. The molecule has 2 aliphatic rings. The number of aromatic amines is 1. The van der Waals surface area contributed by atoms with Crippen LogP contribution in [0.5, 0.6) is 17.2 Å². The molecule has 1 aliphatic carbocycles. The van der Waals surface area contributed by atoms with E-state index in [0.717, 1.165) is 31.1 Å². The van der Waals surface area contributed by atoms with Crippen LogP contribution >= 0.6 is 0 Å². The first-order valence-electron chi connectivity index (χ1n) is 9.97. The molecule has 1 aliphatic heterocycles. The van der Waals surface area contributed by atoms with Gasteiger partial charge in [0.05, 0.1) is 26.8 Å². The number of methoxy groups -OCH3 is 3. The second-order valence-corrected chi connectivity index (χ2v) is 7.64. The Morgan fingerprint density at radius 1 is 1.00 bits per heavy atom. The number of H-pyrrole nitrogens is 1. The molecule has 8 nitrogen and oxygen atoms in total. The summed E-state index contributed by atoms with van der Waals surface area (Å²) in [6.07, 6.45) is 3.54. The SMILES string of the molecule is COc1cc(OC)c2cc(C(=O)N3CCC(NC(=O)C4CC4)CC3)[nH]c2c1OC. The molecule has 0 unspecified atom stereocenters. The summed E-state index contributed by atoms with van der Waals surface area (Å²) < 4.78 is 16.3. The van der Waals surface area contributed by atoms with Gasteiger partial charge in [0.1, 0.15) is 11.4 Å². The fourth-order valence-electron chi connectivity index (χ4n) is 3.91. The van der Waals surface area contributed by atoms with Gasteiger partial charge in [-0.15, -0.1) is 0 Å². The molecule has 2 amide bonds. The van der Waals surface area contributed by atoms with Crippen LogP contribution in [0, 0.1) is 5.92 Å². The molecule has 0 bridgehead atoms. The number of aromatic nitrogens is 1. The molecule has 29 heavy (non-hydrogen) atoms. The molecule has 2 aromatic rings. The molecule has 2 N–H and O–H groups in total. The van der Waals surface area contributed by atoms with Crippen molar-refractivity contribution in [2.24, 2.45) is 5.92 Å². The first kappa shape index (κ1) is 19.4. The molecule has 8 heteroatoms. The van der Waals surface area contributed by atoms with Crippen molar-refractivity contribution in [2.45, 2.75) is 31.7 Å². The normalized spacial score (nSPS) is 17.3. The van der Waals surface area contributed by atoms with Crippen LogP contribution in [0.3, 0.4) is 0 Å². The van der Waals surface area contributed by atoms with Gasteiger partial charge in [-0.05, 0) is 31.7 Å². The predicted octanol–water partition coefficient (Wildman–Crippen LogP) is 2.32. The third-order valence-electron chi connectivity index (χ3n) is 5.75. The summed E-state index contributed by atoms with van der Waals surface area (Å²) in [7, 11) is 4.70. The van der Waals surface area contributed by atoms with Crippen molar-refractivity contribution in [3.8, 4) is 17.2 Å². The molecule has 1 saturated carbocycles. The Bertz CT molecular complexity index is 926. The smallest absolute Gasteiger partial charge is 0.270 e. The van der Waals surface area contributed by atoms with Crippen LogP contribution in [0.2, 0.25) is 0 Å². The molecule has 0 radical (unpaired) electrons. The zero-order chi connectivity index (χ0) is 20.5.